The molecule has 4 rings (SSSR count). The molecule has 8 heteroatoms. The largest absolute Gasteiger partial charge is 0.480 e. The van der Waals surface area contributed by atoms with Gasteiger partial charge >= 0.3 is 11.9 Å². The number of allylic oxidation sites excluding steroid dienone is 1. The minimum atomic E-state index is -1.05. The Balaban J connectivity index is 1.37. The van der Waals surface area contributed by atoms with E-state index in [0.717, 1.165) is 54.8 Å². The molecule has 44 heavy (non-hydrogen) atoms. The molecule has 0 spiro atoms. The molecule has 9 atom stereocenters. The molecule has 3 fully saturated rings. The second-order valence-corrected chi connectivity index (χ2v) is 15.5. The maximum absolute atomic E-state index is 11.8. The molecule has 0 aromatic carbocycles. The summed E-state index contributed by atoms with van der Waals surface area (Å²) in [5.74, 6) is 3.35. The van der Waals surface area contributed by atoms with Crippen LogP contribution in [0.4, 0.5) is 0 Å². The van der Waals surface area contributed by atoms with Gasteiger partial charge in [-0.05, 0) is 97.7 Å². The molecule has 4 unspecified atom stereocenters. The van der Waals surface area contributed by atoms with E-state index in [1.807, 2.05) is 0 Å². The number of hydrogen-bond donors (Lipinski definition) is 1. The van der Waals surface area contributed by atoms with Crippen molar-refractivity contribution in [3.05, 3.63) is 11.6 Å². The molecule has 0 amide bonds. The third kappa shape index (κ3) is 8.07. The summed E-state index contributed by atoms with van der Waals surface area (Å²) in [4.78, 5) is 35.2. The Morgan fingerprint density at radius 2 is 1.86 bits per heavy atom. The van der Waals surface area contributed by atoms with Crippen LogP contribution >= 0.6 is 0 Å². The van der Waals surface area contributed by atoms with Crippen LogP contribution in [0.15, 0.2) is 11.6 Å². The topological polar surface area (TPSA) is 102 Å². The average molecular weight is 618 g/mol. The fourth-order valence-corrected chi connectivity index (χ4v) is 10.2. The zero-order chi connectivity index (χ0) is 32.1. The molecule has 0 saturated heterocycles. The van der Waals surface area contributed by atoms with E-state index >= 15 is 0 Å². The van der Waals surface area contributed by atoms with Gasteiger partial charge in [0.05, 0.1) is 19.3 Å². The van der Waals surface area contributed by atoms with Gasteiger partial charge in [0.15, 0.2) is 0 Å². The third-order valence-corrected chi connectivity index (χ3v) is 12.3. The van der Waals surface area contributed by atoms with Crippen LogP contribution in [-0.4, -0.2) is 67.1 Å². The van der Waals surface area contributed by atoms with Crippen molar-refractivity contribution < 1.29 is 33.7 Å². The maximum atomic E-state index is 11.8. The van der Waals surface area contributed by atoms with Gasteiger partial charge in [-0.3, -0.25) is 19.3 Å². The number of rotatable bonds is 16. The van der Waals surface area contributed by atoms with E-state index in [0.29, 0.717) is 5.41 Å². The number of carboxylic acid groups (broad SMARTS) is 1. The van der Waals surface area contributed by atoms with Crippen LogP contribution in [0.5, 0.6) is 0 Å². The smallest absolute Gasteiger partial charge is 0.317 e. The van der Waals surface area contributed by atoms with E-state index in [2.05, 4.69) is 40.7 Å². The van der Waals surface area contributed by atoms with Crippen LogP contribution in [0.1, 0.15) is 112 Å². The SMILES string of the molecule is CC(=O)OC(CO[C@H]1CC[C@@]2(C)C(=CCC3C2CC[C@@]2(C)C3CC[C@@H]2[C@H](C)CCCC(C)C)C1)CN(COC=O)CC(=O)O. The lowest BCUT2D eigenvalue weighted by atomic mass is 9.47. The molecule has 8 nitrogen and oxygen atoms in total. The first-order valence-corrected chi connectivity index (χ1v) is 17.3. The highest BCUT2D eigenvalue weighted by Crippen LogP contribution is 2.67. The third-order valence-electron chi connectivity index (χ3n) is 12.3. The molecule has 250 valence electrons. The molecule has 0 aliphatic heterocycles. The van der Waals surface area contributed by atoms with Crippen molar-refractivity contribution in [2.45, 2.75) is 124 Å². The van der Waals surface area contributed by atoms with Crippen LogP contribution < -0.4 is 0 Å². The number of carboxylic acids is 1. The lowest BCUT2D eigenvalue weighted by Crippen LogP contribution is -2.51. The highest BCUT2D eigenvalue weighted by atomic mass is 16.6. The van der Waals surface area contributed by atoms with E-state index in [1.54, 1.807) is 5.57 Å². The fourth-order valence-electron chi connectivity index (χ4n) is 10.2. The lowest BCUT2D eigenvalue weighted by molar-refractivity contribution is -0.156. The highest BCUT2D eigenvalue weighted by Gasteiger charge is 2.59. The molecular weight excluding hydrogens is 558 g/mol. The number of nitrogens with zero attached hydrogens (tertiary/aromatic N) is 1. The molecule has 0 aromatic heterocycles. The van der Waals surface area contributed by atoms with Gasteiger partial charge in [-0.25, -0.2) is 0 Å². The molecule has 0 bridgehead atoms. The fraction of sp³-hybridized carbons (Fsp3) is 0.861. The van der Waals surface area contributed by atoms with Gasteiger partial charge in [0.2, 0.25) is 0 Å². The van der Waals surface area contributed by atoms with E-state index in [4.69, 9.17) is 14.2 Å². The first-order chi connectivity index (χ1) is 20.9. The van der Waals surface area contributed by atoms with Gasteiger partial charge in [0.1, 0.15) is 12.8 Å². The molecule has 4 aliphatic carbocycles. The molecule has 4 aliphatic rings. The standard InChI is InChI=1S/C36H59NO7/c1-24(2)8-7-9-25(3)31-12-13-32-30-11-10-27-18-28(14-16-35(27,5)33(30)15-17-36(31,32)6)43-21-29(44-26(4)39)19-37(20-34(40)41)22-42-23-38/h10,23-25,28-33H,7-9,11-22H2,1-6H3,(H,40,41)/t25-,28+,29?,30?,31-,32?,33?,35+,36-/m1/s1. The molecule has 0 radical (unpaired) electrons. The van der Waals surface area contributed by atoms with Crippen LogP contribution in [0, 0.1) is 46.3 Å². The predicted molar refractivity (Wildman–Crippen MR) is 170 cm³/mol. The second-order valence-electron chi connectivity index (χ2n) is 15.5. The Bertz CT molecular complexity index is 1030. The Hall–Kier alpha value is -1.93. The monoisotopic (exact) mass is 617 g/mol. The highest BCUT2D eigenvalue weighted by molar-refractivity contribution is 5.69. The van der Waals surface area contributed by atoms with Crippen molar-refractivity contribution in [2.24, 2.45) is 46.3 Å². The number of aliphatic carboxylic acids is 1. The summed E-state index contributed by atoms with van der Waals surface area (Å²) < 4.78 is 16.6. The first-order valence-electron chi connectivity index (χ1n) is 17.3. The van der Waals surface area contributed by atoms with Crippen LogP contribution in [-0.2, 0) is 28.6 Å². The Kier molecular flexibility index (Phi) is 12.0. The second kappa shape index (κ2) is 15.1. The normalized spacial score (nSPS) is 34.4. The van der Waals surface area contributed by atoms with Gasteiger partial charge in [-0.1, -0.05) is 65.5 Å². The number of hydrogen-bond acceptors (Lipinski definition) is 7. The van der Waals surface area contributed by atoms with Crippen molar-refractivity contribution >= 4 is 18.4 Å². The minimum Gasteiger partial charge on any atom is -0.480 e. The van der Waals surface area contributed by atoms with Gasteiger partial charge in [0, 0.05) is 13.5 Å². The van der Waals surface area contributed by atoms with E-state index in [1.165, 1.54) is 63.2 Å². The summed E-state index contributed by atoms with van der Waals surface area (Å²) in [6.07, 6.45) is 15.7. The summed E-state index contributed by atoms with van der Waals surface area (Å²) in [5.41, 5.74) is 2.26. The summed E-state index contributed by atoms with van der Waals surface area (Å²) in [7, 11) is 0. The van der Waals surface area contributed by atoms with Crippen molar-refractivity contribution in [1.29, 1.82) is 0 Å². The molecule has 0 aromatic rings. The quantitative estimate of drug-likeness (QED) is 0.0867. The van der Waals surface area contributed by atoms with Crippen molar-refractivity contribution in [1.82, 2.24) is 4.90 Å². The van der Waals surface area contributed by atoms with Crippen LogP contribution in [0.2, 0.25) is 0 Å². The summed E-state index contributed by atoms with van der Waals surface area (Å²) in [5, 5.41) is 9.25. The lowest BCUT2D eigenvalue weighted by Gasteiger charge is -2.58. The zero-order valence-corrected chi connectivity index (χ0v) is 28.2. The van der Waals surface area contributed by atoms with Crippen molar-refractivity contribution in [3.8, 4) is 0 Å². The number of esters is 1. The van der Waals surface area contributed by atoms with Gasteiger partial charge < -0.3 is 19.3 Å². The zero-order valence-electron chi connectivity index (χ0n) is 28.2. The molecule has 3 saturated carbocycles. The predicted octanol–water partition coefficient (Wildman–Crippen LogP) is 6.86. The Labute approximate surface area is 265 Å². The van der Waals surface area contributed by atoms with E-state index in [9.17, 15) is 19.5 Å². The summed E-state index contributed by atoms with van der Waals surface area (Å²) >= 11 is 0. The van der Waals surface area contributed by atoms with Gasteiger partial charge in [-0.2, -0.15) is 0 Å². The summed E-state index contributed by atoms with van der Waals surface area (Å²) in [6.45, 7) is 13.8. The molecule has 1 N–H and O–H groups in total. The van der Waals surface area contributed by atoms with Crippen LogP contribution in [0.25, 0.3) is 0 Å². The number of carbonyl (C=O) groups excluding carboxylic acids is 2. The summed E-state index contributed by atoms with van der Waals surface area (Å²) in [6, 6.07) is 0. The molecular formula is C36H59NO7. The van der Waals surface area contributed by atoms with Gasteiger partial charge in [-0.15, -0.1) is 0 Å². The Morgan fingerprint density at radius 3 is 2.55 bits per heavy atom. The number of carbonyl (C=O) groups is 3. The van der Waals surface area contributed by atoms with E-state index < -0.39 is 18.0 Å². The maximum Gasteiger partial charge on any atom is 0.317 e. The van der Waals surface area contributed by atoms with E-state index in [-0.39, 0.29) is 44.4 Å². The Morgan fingerprint density at radius 1 is 1.09 bits per heavy atom. The van der Waals surface area contributed by atoms with Crippen LogP contribution in [0.3, 0.4) is 0 Å². The van der Waals surface area contributed by atoms with Crippen molar-refractivity contribution in [2.75, 3.05) is 26.4 Å². The van der Waals surface area contributed by atoms with Gasteiger partial charge in [0.25, 0.3) is 6.47 Å². The van der Waals surface area contributed by atoms with Crippen molar-refractivity contribution in [3.63, 3.8) is 0 Å². The number of ether oxygens (including phenoxy) is 3. The average Bonchev–Trinajstić information content (AvgIpc) is 3.31. The number of fused-ring (bicyclic) bond motifs is 5. The first kappa shape index (κ1) is 34.9. The molecule has 0 heterocycles. The minimum absolute atomic E-state index is 0.0412.